The van der Waals surface area contributed by atoms with Crippen LogP contribution in [0.4, 0.5) is 0 Å². The van der Waals surface area contributed by atoms with E-state index in [1.54, 1.807) is 4.99 Å². The van der Waals surface area contributed by atoms with E-state index in [1.165, 1.54) is 0 Å². The van der Waals surface area contributed by atoms with Gasteiger partial charge in [-0.25, -0.2) is 0 Å². The van der Waals surface area contributed by atoms with Crippen LogP contribution in [0.15, 0.2) is 28.9 Å². The van der Waals surface area contributed by atoms with Gasteiger partial charge in [0.05, 0.1) is 24.4 Å². The molecule has 19 heavy (non-hydrogen) atoms. The van der Waals surface area contributed by atoms with Crippen molar-refractivity contribution in [1.29, 1.82) is 0 Å². The molecule has 2 aliphatic heterocycles. The van der Waals surface area contributed by atoms with E-state index in [-0.39, 0.29) is 24.4 Å². The van der Waals surface area contributed by atoms with Gasteiger partial charge in [0.2, 0.25) is 0 Å². The first-order valence-electron chi connectivity index (χ1n) is 6.85. The molecule has 0 N–H and O–H groups in total. The van der Waals surface area contributed by atoms with Gasteiger partial charge < -0.3 is 9.47 Å². The largest absolute Gasteiger partial charge is 0.371 e. The van der Waals surface area contributed by atoms with Gasteiger partial charge in [-0.2, -0.15) is 0 Å². The van der Waals surface area contributed by atoms with Gasteiger partial charge in [0.15, 0.2) is 0 Å². The van der Waals surface area contributed by atoms with Crippen molar-refractivity contribution in [3.05, 3.63) is 28.9 Å². The lowest BCUT2D eigenvalue weighted by molar-refractivity contribution is -0.0522. The standard InChI is InChI=1S/C15H20Br2O2/c1-2-13-12(17)7-3-4-8-14-15(19-13)10-11(18-14)6-5-9-16/h3-4,6,9,11-15H,2,7-8,10H2,1H3. The first-order chi connectivity index (χ1) is 9.24. The summed E-state index contributed by atoms with van der Waals surface area (Å²) in [5.74, 6) is 0. The van der Waals surface area contributed by atoms with Crippen molar-refractivity contribution in [2.75, 3.05) is 0 Å². The highest BCUT2D eigenvalue weighted by molar-refractivity contribution is 9.11. The molecule has 0 spiro atoms. The van der Waals surface area contributed by atoms with Crippen LogP contribution in [0.5, 0.6) is 0 Å². The van der Waals surface area contributed by atoms with Gasteiger partial charge in [0.1, 0.15) is 0 Å². The Hall–Kier alpha value is 0.140. The highest BCUT2D eigenvalue weighted by Crippen LogP contribution is 2.31. The van der Waals surface area contributed by atoms with Crippen molar-refractivity contribution in [2.45, 2.75) is 61.9 Å². The minimum absolute atomic E-state index is 0.114. The summed E-state index contributed by atoms with van der Waals surface area (Å²) in [5, 5.41) is 0. The Bertz CT molecular complexity index is 374. The van der Waals surface area contributed by atoms with Crippen molar-refractivity contribution in [3.63, 3.8) is 0 Å². The van der Waals surface area contributed by atoms with E-state index < -0.39 is 0 Å². The first-order valence-corrected chi connectivity index (χ1v) is 8.69. The van der Waals surface area contributed by atoms with Crippen molar-refractivity contribution in [2.24, 2.45) is 0 Å². The summed E-state index contributed by atoms with van der Waals surface area (Å²) in [6.07, 6.45) is 11.0. The minimum atomic E-state index is 0.114. The average molecular weight is 392 g/mol. The number of hydrogen-bond donors (Lipinski definition) is 0. The van der Waals surface area contributed by atoms with Crippen LogP contribution in [0.2, 0.25) is 0 Å². The van der Waals surface area contributed by atoms with Crippen LogP contribution in [0.25, 0.3) is 0 Å². The Morgan fingerprint density at radius 1 is 1.26 bits per heavy atom. The molecule has 0 aromatic rings. The third-order valence-corrected chi connectivity index (χ3v) is 4.85. The fraction of sp³-hybridized carbons (Fsp3) is 0.667. The fourth-order valence-corrected chi connectivity index (χ4v) is 3.49. The van der Waals surface area contributed by atoms with Gasteiger partial charge in [-0.1, -0.05) is 50.9 Å². The summed E-state index contributed by atoms with van der Waals surface area (Å²) in [5.41, 5.74) is 3.04. The van der Waals surface area contributed by atoms with Crippen molar-refractivity contribution in [1.82, 2.24) is 0 Å². The molecule has 4 heteroatoms. The second-order valence-electron chi connectivity index (χ2n) is 4.97. The quantitative estimate of drug-likeness (QED) is 0.392. The Labute approximate surface area is 132 Å². The van der Waals surface area contributed by atoms with E-state index in [2.05, 4.69) is 56.7 Å². The molecule has 2 heterocycles. The molecule has 5 atom stereocenters. The zero-order valence-corrected chi connectivity index (χ0v) is 14.3. The van der Waals surface area contributed by atoms with Crippen LogP contribution in [0.1, 0.15) is 32.6 Å². The number of fused-ring (bicyclic) bond motifs is 1. The van der Waals surface area contributed by atoms with Crippen LogP contribution in [-0.2, 0) is 9.47 Å². The second kappa shape index (κ2) is 7.80. The molecule has 0 radical (unpaired) electrons. The molecule has 106 valence electrons. The molecule has 1 saturated heterocycles. The third kappa shape index (κ3) is 4.30. The maximum absolute atomic E-state index is 6.29. The molecule has 5 unspecified atom stereocenters. The van der Waals surface area contributed by atoms with Crippen LogP contribution < -0.4 is 0 Å². The number of halogens is 2. The van der Waals surface area contributed by atoms with E-state index in [1.807, 2.05) is 6.08 Å². The van der Waals surface area contributed by atoms with Crippen molar-refractivity contribution >= 4 is 31.9 Å². The maximum atomic E-state index is 6.29. The van der Waals surface area contributed by atoms with Crippen molar-refractivity contribution in [3.8, 4) is 0 Å². The molecule has 1 fully saturated rings. The summed E-state index contributed by atoms with van der Waals surface area (Å²) < 4.78 is 12.3. The van der Waals surface area contributed by atoms with Crippen LogP contribution in [0, 0.1) is 0 Å². The van der Waals surface area contributed by atoms with E-state index in [4.69, 9.17) is 9.47 Å². The number of ether oxygens (including phenoxy) is 2. The number of alkyl halides is 1. The van der Waals surface area contributed by atoms with Gasteiger partial charge in [-0.15, -0.1) is 5.73 Å². The lowest BCUT2D eigenvalue weighted by Gasteiger charge is -2.26. The topological polar surface area (TPSA) is 18.5 Å². The molecule has 0 bridgehead atoms. The molecule has 0 aromatic heterocycles. The Morgan fingerprint density at radius 3 is 2.79 bits per heavy atom. The number of rotatable bonds is 2. The smallest absolute Gasteiger partial charge is 0.0880 e. The van der Waals surface area contributed by atoms with Gasteiger partial charge in [-0.05, 0) is 25.3 Å². The lowest BCUT2D eigenvalue weighted by Crippen LogP contribution is -2.32. The normalized spacial score (nSPS) is 38.6. The number of allylic oxidation sites excluding steroid dienone is 1. The summed E-state index contributed by atoms with van der Waals surface area (Å²) in [4.78, 5) is 2.12. The first kappa shape index (κ1) is 15.5. The Morgan fingerprint density at radius 2 is 2.05 bits per heavy atom. The highest BCUT2D eigenvalue weighted by Gasteiger charge is 2.37. The molecule has 0 aromatic carbocycles. The van der Waals surface area contributed by atoms with Gasteiger partial charge in [0, 0.05) is 16.2 Å². The lowest BCUT2D eigenvalue weighted by atomic mass is 10.1. The van der Waals surface area contributed by atoms with E-state index in [0.29, 0.717) is 4.83 Å². The van der Waals surface area contributed by atoms with Crippen LogP contribution in [0.3, 0.4) is 0 Å². The molecule has 2 rings (SSSR count). The SMILES string of the molecule is CCC1OC2CC(C=C=CBr)OC2CC=CCC1Br. The Balaban J connectivity index is 2.08. The van der Waals surface area contributed by atoms with E-state index in [0.717, 1.165) is 25.7 Å². The molecule has 2 nitrogen and oxygen atoms in total. The third-order valence-electron chi connectivity index (χ3n) is 3.63. The fourth-order valence-electron chi connectivity index (χ4n) is 2.62. The van der Waals surface area contributed by atoms with Gasteiger partial charge in [-0.3, -0.25) is 0 Å². The summed E-state index contributed by atoms with van der Waals surface area (Å²) in [6.45, 7) is 2.18. The minimum Gasteiger partial charge on any atom is -0.371 e. The van der Waals surface area contributed by atoms with Crippen LogP contribution in [-0.4, -0.2) is 29.2 Å². The van der Waals surface area contributed by atoms with Gasteiger partial charge >= 0.3 is 0 Å². The molecule has 0 saturated carbocycles. The molecular weight excluding hydrogens is 372 g/mol. The summed E-state index contributed by atoms with van der Waals surface area (Å²) in [7, 11) is 0. The zero-order valence-electron chi connectivity index (χ0n) is 11.1. The highest BCUT2D eigenvalue weighted by atomic mass is 79.9. The second-order valence-corrected chi connectivity index (χ2v) is 6.61. The molecule has 0 aliphatic carbocycles. The van der Waals surface area contributed by atoms with E-state index in [9.17, 15) is 0 Å². The predicted molar refractivity (Wildman–Crippen MR) is 84.9 cm³/mol. The number of hydrogen-bond acceptors (Lipinski definition) is 2. The summed E-state index contributed by atoms with van der Waals surface area (Å²) in [6, 6.07) is 0. The molecular formula is C15H20Br2O2. The predicted octanol–water partition coefficient (Wildman–Crippen LogP) is 4.48. The van der Waals surface area contributed by atoms with E-state index >= 15 is 0 Å². The Kier molecular flexibility index (Phi) is 6.37. The monoisotopic (exact) mass is 390 g/mol. The molecule has 2 aliphatic rings. The zero-order chi connectivity index (χ0) is 13.7. The van der Waals surface area contributed by atoms with Crippen molar-refractivity contribution < 1.29 is 9.47 Å². The molecule has 0 amide bonds. The summed E-state index contributed by atoms with van der Waals surface area (Å²) >= 11 is 6.97. The van der Waals surface area contributed by atoms with Gasteiger partial charge in [0.25, 0.3) is 0 Å². The average Bonchev–Trinajstić information content (AvgIpc) is 2.81. The van der Waals surface area contributed by atoms with Crippen LogP contribution >= 0.6 is 31.9 Å². The maximum Gasteiger partial charge on any atom is 0.0880 e.